The van der Waals surface area contributed by atoms with Crippen LogP contribution in [0.25, 0.3) is 11.0 Å². The molecular weight excluding hydrogens is 453 g/mol. The van der Waals surface area contributed by atoms with Gasteiger partial charge in [-0.25, -0.2) is 9.97 Å². The topological polar surface area (TPSA) is 108 Å². The van der Waals surface area contributed by atoms with E-state index in [1.54, 1.807) is 6.07 Å². The summed E-state index contributed by atoms with van der Waals surface area (Å²) in [6.45, 7) is 4.42. The minimum atomic E-state index is -4.96. The molecule has 34 heavy (non-hydrogen) atoms. The fourth-order valence-corrected chi connectivity index (χ4v) is 4.20. The van der Waals surface area contributed by atoms with Crippen molar-refractivity contribution >= 4 is 16.9 Å². The number of rotatable bonds is 3. The molecule has 0 aliphatic carbocycles. The Morgan fingerprint density at radius 1 is 1.26 bits per heavy atom. The van der Waals surface area contributed by atoms with Gasteiger partial charge in [0.25, 0.3) is 5.91 Å². The number of halogens is 3. The molecular formula is C23H21F3N4O4. The van der Waals surface area contributed by atoms with Crippen LogP contribution in [0.3, 0.4) is 0 Å². The Morgan fingerprint density at radius 3 is 2.71 bits per heavy atom. The Hall–Kier alpha value is -3.60. The number of para-hydroxylation sites is 1. The molecule has 3 aromatic heterocycles. The van der Waals surface area contributed by atoms with Gasteiger partial charge in [-0.15, -0.1) is 0 Å². The lowest BCUT2D eigenvalue weighted by Gasteiger charge is -2.33. The van der Waals surface area contributed by atoms with E-state index in [4.69, 9.17) is 8.83 Å². The largest absolute Gasteiger partial charge is 0.458 e. The zero-order chi connectivity index (χ0) is 24.4. The molecule has 0 radical (unpaired) electrons. The monoisotopic (exact) mass is 474 g/mol. The molecule has 1 aliphatic heterocycles. The number of furan rings is 1. The predicted molar refractivity (Wildman–Crippen MR) is 113 cm³/mol. The number of H-pyrrole nitrogens is 1. The average Bonchev–Trinajstić information content (AvgIpc) is 3.48. The number of amides is 1. The Labute approximate surface area is 191 Å². The molecule has 2 N–H and O–H groups in total. The molecule has 1 amide bonds. The van der Waals surface area contributed by atoms with Crippen LogP contribution < -0.4 is 0 Å². The van der Waals surface area contributed by atoms with Crippen molar-refractivity contribution in [3.8, 4) is 0 Å². The fraction of sp³-hybridized carbons (Fsp3) is 0.348. The van der Waals surface area contributed by atoms with Gasteiger partial charge in [-0.3, -0.25) is 4.79 Å². The summed E-state index contributed by atoms with van der Waals surface area (Å²) in [5, 5.41) is 10.9. The van der Waals surface area contributed by atoms with Crippen molar-refractivity contribution in [2.75, 3.05) is 6.54 Å². The summed E-state index contributed by atoms with van der Waals surface area (Å²) in [5.41, 5.74) is -0.562. The molecule has 0 bridgehead atoms. The number of imidazole rings is 1. The number of hydrogen-bond donors (Lipinski definition) is 2. The summed E-state index contributed by atoms with van der Waals surface area (Å²) >= 11 is 0. The van der Waals surface area contributed by atoms with Crippen molar-refractivity contribution in [2.24, 2.45) is 0 Å². The lowest BCUT2D eigenvalue weighted by Crippen LogP contribution is -2.41. The van der Waals surface area contributed by atoms with E-state index in [0.29, 0.717) is 23.5 Å². The number of fused-ring (bicyclic) bond motifs is 2. The number of nitrogens with zero attached hydrogens (tertiary/aromatic N) is 3. The minimum absolute atomic E-state index is 0.0879. The van der Waals surface area contributed by atoms with Crippen LogP contribution in [0.1, 0.15) is 64.7 Å². The van der Waals surface area contributed by atoms with Crippen LogP contribution in [0.15, 0.2) is 39.4 Å². The number of carbonyl (C=O) groups is 1. The highest BCUT2D eigenvalue weighted by atomic mass is 19.4. The van der Waals surface area contributed by atoms with Crippen molar-refractivity contribution < 1.29 is 31.9 Å². The molecule has 0 saturated heterocycles. The SMILES string of the molecule is Cc1cccc2cc([C@H]3c4nc[nH]c4CCN3C(=O)c3oc(C(C)(C)O)nc3C(F)(F)F)oc12. The Balaban J connectivity index is 1.65. The molecule has 11 heteroatoms. The number of alkyl halides is 3. The zero-order valence-corrected chi connectivity index (χ0v) is 18.5. The Morgan fingerprint density at radius 2 is 2.03 bits per heavy atom. The van der Waals surface area contributed by atoms with E-state index in [9.17, 15) is 23.1 Å². The highest BCUT2D eigenvalue weighted by Crippen LogP contribution is 2.40. The highest BCUT2D eigenvalue weighted by molar-refractivity contribution is 5.93. The second-order valence-electron chi connectivity index (χ2n) is 8.81. The maximum Gasteiger partial charge on any atom is 0.437 e. The van der Waals surface area contributed by atoms with Crippen LogP contribution in [-0.4, -0.2) is 37.4 Å². The van der Waals surface area contributed by atoms with Crippen LogP contribution in [-0.2, 0) is 18.2 Å². The number of carbonyl (C=O) groups excluding carboxylic acids is 1. The van der Waals surface area contributed by atoms with Gasteiger partial charge in [0.05, 0.1) is 12.0 Å². The van der Waals surface area contributed by atoms with Crippen LogP contribution in [0.4, 0.5) is 13.2 Å². The van der Waals surface area contributed by atoms with Crippen LogP contribution in [0, 0.1) is 6.92 Å². The number of hydrogen-bond acceptors (Lipinski definition) is 6. The third-order valence-corrected chi connectivity index (χ3v) is 5.83. The average molecular weight is 474 g/mol. The number of oxazole rings is 1. The number of benzene rings is 1. The van der Waals surface area contributed by atoms with Gasteiger partial charge in [0.15, 0.2) is 5.69 Å². The Bertz CT molecular complexity index is 1390. The summed E-state index contributed by atoms with van der Waals surface area (Å²) in [5.74, 6) is -2.25. The molecule has 0 fully saturated rings. The quantitative estimate of drug-likeness (QED) is 0.453. The summed E-state index contributed by atoms with van der Waals surface area (Å²) < 4.78 is 52.6. The molecule has 0 saturated carbocycles. The molecule has 4 heterocycles. The smallest absolute Gasteiger partial charge is 0.437 e. The van der Waals surface area contributed by atoms with Crippen molar-refractivity contribution in [1.82, 2.24) is 19.9 Å². The summed E-state index contributed by atoms with van der Waals surface area (Å²) in [6, 6.07) is 6.46. The van der Waals surface area contributed by atoms with E-state index in [1.165, 1.54) is 25.1 Å². The number of aliphatic hydroxyl groups is 1. The number of aromatic amines is 1. The third-order valence-electron chi connectivity index (χ3n) is 5.83. The maximum absolute atomic E-state index is 13.8. The molecule has 5 rings (SSSR count). The van der Waals surface area contributed by atoms with Crippen molar-refractivity contribution in [3.63, 3.8) is 0 Å². The molecule has 1 atom stereocenters. The lowest BCUT2D eigenvalue weighted by molar-refractivity contribution is -0.141. The van der Waals surface area contributed by atoms with E-state index in [0.717, 1.165) is 16.6 Å². The molecule has 4 aromatic rings. The van der Waals surface area contributed by atoms with E-state index in [2.05, 4.69) is 15.0 Å². The first kappa shape index (κ1) is 22.2. The number of aryl methyl sites for hydroxylation is 1. The van der Waals surface area contributed by atoms with E-state index < -0.39 is 41.1 Å². The first-order valence-electron chi connectivity index (χ1n) is 10.6. The normalized spacial score (nSPS) is 16.8. The number of aromatic nitrogens is 3. The van der Waals surface area contributed by atoms with Crippen molar-refractivity contribution in [1.29, 1.82) is 0 Å². The van der Waals surface area contributed by atoms with Crippen LogP contribution >= 0.6 is 0 Å². The molecule has 1 aromatic carbocycles. The first-order chi connectivity index (χ1) is 15.9. The minimum Gasteiger partial charge on any atom is -0.458 e. The van der Waals surface area contributed by atoms with Crippen LogP contribution in [0.5, 0.6) is 0 Å². The van der Waals surface area contributed by atoms with Crippen molar-refractivity contribution in [3.05, 3.63) is 70.6 Å². The molecule has 8 nitrogen and oxygen atoms in total. The van der Waals surface area contributed by atoms with Crippen molar-refractivity contribution in [2.45, 2.75) is 45.0 Å². The standard InChI is InChI=1S/C23H21F3N4O4/c1-11-5-4-6-12-9-14(33-17(11)12)16-15-13(27-10-28-15)7-8-30(16)20(31)18-19(23(24,25)26)29-21(34-18)22(2,3)32/h4-6,9-10,16,32H,7-8H2,1-3H3,(H,27,28)/t16-/m0/s1. The van der Waals surface area contributed by atoms with Gasteiger partial charge in [0, 0.05) is 24.0 Å². The van der Waals surface area contributed by atoms with Gasteiger partial charge < -0.3 is 23.8 Å². The first-order valence-corrected chi connectivity index (χ1v) is 10.6. The van der Waals surface area contributed by atoms with Gasteiger partial charge in [-0.05, 0) is 32.4 Å². The van der Waals surface area contributed by atoms with Gasteiger partial charge in [-0.2, -0.15) is 13.2 Å². The van der Waals surface area contributed by atoms with Gasteiger partial charge in [0.1, 0.15) is 23.0 Å². The van der Waals surface area contributed by atoms with Gasteiger partial charge in [-0.1, -0.05) is 18.2 Å². The maximum atomic E-state index is 13.8. The molecule has 1 aliphatic rings. The van der Waals surface area contributed by atoms with E-state index in [-0.39, 0.29) is 6.54 Å². The molecule has 178 valence electrons. The van der Waals surface area contributed by atoms with Gasteiger partial charge >= 0.3 is 6.18 Å². The summed E-state index contributed by atoms with van der Waals surface area (Å²) in [7, 11) is 0. The predicted octanol–water partition coefficient (Wildman–Crippen LogP) is 4.49. The zero-order valence-electron chi connectivity index (χ0n) is 18.5. The third kappa shape index (κ3) is 3.56. The second kappa shape index (κ2) is 7.45. The van der Waals surface area contributed by atoms with E-state index >= 15 is 0 Å². The lowest BCUT2D eigenvalue weighted by atomic mass is 9.99. The molecule has 0 unspecified atom stereocenters. The molecule has 0 spiro atoms. The summed E-state index contributed by atoms with van der Waals surface area (Å²) in [4.78, 5) is 25.5. The Kier molecular flexibility index (Phi) is 4.87. The summed E-state index contributed by atoms with van der Waals surface area (Å²) in [6.07, 6.45) is -3.14. The van der Waals surface area contributed by atoms with Crippen LogP contribution in [0.2, 0.25) is 0 Å². The second-order valence-corrected chi connectivity index (χ2v) is 8.81. The number of nitrogens with one attached hydrogen (secondary N) is 1. The fourth-order valence-electron chi connectivity index (χ4n) is 4.20. The van der Waals surface area contributed by atoms with Gasteiger partial charge in [0.2, 0.25) is 11.7 Å². The van der Waals surface area contributed by atoms with E-state index in [1.807, 2.05) is 25.1 Å². The highest BCUT2D eigenvalue weighted by Gasteiger charge is 2.46.